The predicted molar refractivity (Wildman–Crippen MR) is 52.8 cm³/mol. The van der Waals surface area contributed by atoms with Crippen molar-refractivity contribution in [3.8, 4) is 0 Å². The van der Waals surface area contributed by atoms with Crippen LogP contribution in [0.1, 0.15) is 36.5 Å². The van der Waals surface area contributed by atoms with Crippen molar-refractivity contribution in [1.29, 1.82) is 0 Å². The highest BCUT2D eigenvalue weighted by Crippen LogP contribution is 2.25. The lowest BCUT2D eigenvalue weighted by molar-refractivity contribution is 0.0673. The molecule has 0 radical (unpaired) electrons. The van der Waals surface area contributed by atoms with Crippen molar-refractivity contribution in [2.75, 3.05) is 6.61 Å². The van der Waals surface area contributed by atoms with Crippen LogP contribution in [-0.2, 0) is 6.54 Å². The molecule has 96 valence electrons. The summed E-state index contributed by atoms with van der Waals surface area (Å²) in [6, 6.07) is 0. The third-order valence-electron chi connectivity index (χ3n) is 2.19. The zero-order chi connectivity index (χ0) is 13.2. The van der Waals surface area contributed by atoms with Gasteiger partial charge in [-0.3, -0.25) is 0 Å². The van der Waals surface area contributed by atoms with E-state index in [4.69, 9.17) is 10.2 Å². The van der Waals surface area contributed by atoms with Gasteiger partial charge < -0.3 is 10.2 Å². The maximum absolute atomic E-state index is 12.7. The number of aromatic carboxylic acids is 1. The first kappa shape index (κ1) is 13.5. The number of hydrogen-bond acceptors (Lipinski definition) is 4. The highest BCUT2D eigenvalue weighted by atomic mass is 19.3. The van der Waals surface area contributed by atoms with Crippen LogP contribution in [0.4, 0.5) is 8.78 Å². The van der Waals surface area contributed by atoms with Crippen molar-refractivity contribution < 1.29 is 23.8 Å². The van der Waals surface area contributed by atoms with Crippen LogP contribution in [0.5, 0.6) is 0 Å². The van der Waals surface area contributed by atoms with Crippen LogP contribution < -0.4 is 0 Å². The molecule has 0 aromatic carbocycles. The molecule has 8 heteroatoms. The fraction of sp³-hybridized carbons (Fsp3) is 0.667. The first-order valence-corrected chi connectivity index (χ1v) is 4.84. The highest BCUT2D eigenvalue weighted by molar-refractivity contribution is 5.86. The molecular weight excluding hydrogens is 236 g/mol. The summed E-state index contributed by atoms with van der Waals surface area (Å²) in [7, 11) is 0. The van der Waals surface area contributed by atoms with Crippen LogP contribution in [0.2, 0.25) is 0 Å². The molecule has 1 rings (SSSR count). The summed E-state index contributed by atoms with van der Waals surface area (Å²) in [5.74, 6) is -1.55. The molecule has 0 amide bonds. The fourth-order valence-electron chi connectivity index (χ4n) is 1.26. The number of aromatic nitrogens is 3. The second kappa shape index (κ2) is 4.74. The molecule has 0 fully saturated rings. The number of carboxylic acid groups (broad SMARTS) is 1. The predicted octanol–water partition coefficient (Wildman–Crippen LogP) is 0.932. The molecule has 1 aromatic heterocycles. The molecular formula is C9H13F2N3O3. The second-order valence-corrected chi connectivity index (χ2v) is 4.41. The monoisotopic (exact) mass is 249 g/mol. The first-order chi connectivity index (χ1) is 7.78. The topological polar surface area (TPSA) is 88.2 Å². The van der Waals surface area contributed by atoms with Crippen molar-refractivity contribution in [2.45, 2.75) is 26.8 Å². The van der Waals surface area contributed by atoms with Crippen LogP contribution >= 0.6 is 0 Å². The minimum absolute atomic E-state index is 0.0382. The Labute approximate surface area is 95.9 Å². The average Bonchev–Trinajstić information content (AvgIpc) is 2.60. The molecule has 0 spiro atoms. The second-order valence-electron chi connectivity index (χ2n) is 4.41. The van der Waals surface area contributed by atoms with Gasteiger partial charge in [-0.1, -0.05) is 19.1 Å². The molecule has 0 unspecified atom stereocenters. The summed E-state index contributed by atoms with van der Waals surface area (Å²) in [6.07, 6.45) is -2.98. The lowest BCUT2D eigenvalue weighted by atomic mass is 9.95. The van der Waals surface area contributed by atoms with Crippen molar-refractivity contribution >= 4 is 5.97 Å². The Bertz CT molecular complexity index is 418. The van der Waals surface area contributed by atoms with Crippen molar-refractivity contribution in [2.24, 2.45) is 5.41 Å². The maximum atomic E-state index is 12.7. The van der Waals surface area contributed by atoms with E-state index in [2.05, 4.69) is 10.3 Å². The maximum Gasteiger partial charge on any atom is 0.358 e. The lowest BCUT2D eigenvalue weighted by Gasteiger charge is -2.21. The summed E-state index contributed by atoms with van der Waals surface area (Å²) >= 11 is 0. The Morgan fingerprint density at radius 3 is 2.53 bits per heavy atom. The van der Waals surface area contributed by atoms with E-state index in [1.54, 1.807) is 13.8 Å². The molecule has 0 aliphatic rings. The molecule has 0 saturated heterocycles. The van der Waals surface area contributed by atoms with E-state index in [9.17, 15) is 13.6 Å². The Hall–Kier alpha value is -1.57. The van der Waals surface area contributed by atoms with Crippen LogP contribution in [0, 0.1) is 5.41 Å². The molecule has 17 heavy (non-hydrogen) atoms. The van der Waals surface area contributed by atoms with Crippen LogP contribution in [0.15, 0.2) is 0 Å². The van der Waals surface area contributed by atoms with Gasteiger partial charge in [-0.25, -0.2) is 18.3 Å². The van der Waals surface area contributed by atoms with Gasteiger partial charge in [-0.2, -0.15) is 0 Å². The SMILES string of the molecule is CC(C)(CO)Cn1nnc(C(=O)O)c1C(F)F. The van der Waals surface area contributed by atoms with Gasteiger partial charge >= 0.3 is 5.97 Å². The number of nitrogens with zero attached hydrogens (tertiary/aromatic N) is 3. The van der Waals surface area contributed by atoms with E-state index in [0.717, 1.165) is 4.68 Å². The number of halogens is 2. The summed E-state index contributed by atoms with van der Waals surface area (Å²) < 4.78 is 26.3. The van der Waals surface area contributed by atoms with Crippen molar-refractivity contribution in [1.82, 2.24) is 15.0 Å². The lowest BCUT2D eigenvalue weighted by Crippen LogP contribution is -2.26. The summed E-state index contributed by atoms with van der Waals surface area (Å²) in [5, 5.41) is 24.3. The van der Waals surface area contributed by atoms with E-state index in [1.165, 1.54) is 0 Å². The standard InChI is InChI=1S/C9H13F2N3O3/c1-9(2,4-15)3-14-6(7(10)11)5(8(16)17)12-13-14/h7,15H,3-4H2,1-2H3,(H,16,17). The summed E-state index contributed by atoms with van der Waals surface area (Å²) in [4.78, 5) is 10.7. The largest absolute Gasteiger partial charge is 0.476 e. The van der Waals surface area contributed by atoms with E-state index in [0.29, 0.717) is 0 Å². The summed E-state index contributed by atoms with van der Waals surface area (Å²) in [5.41, 5.74) is -2.18. The van der Waals surface area contributed by atoms with Crippen molar-refractivity contribution in [3.05, 3.63) is 11.4 Å². The van der Waals surface area contributed by atoms with Crippen LogP contribution in [0.25, 0.3) is 0 Å². The molecule has 6 nitrogen and oxygen atoms in total. The van der Waals surface area contributed by atoms with Gasteiger partial charge in [-0.15, -0.1) is 5.10 Å². The third kappa shape index (κ3) is 2.96. The van der Waals surface area contributed by atoms with E-state index < -0.39 is 29.2 Å². The average molecular weight is 249 g/mol. The van der Waals surface area contributed by atoms with E-state index in [1.807, 2.05) is 0 Å². The number of carboxylic acids is 1. The quantitative estimate of drug-likeness (QED) is 0.810. The number of alkyl halides is 2. The van der Waals surface area contributed by atoms with Gasteiger partial charge in [0.1, 0.15) is 5.69 Å². The zero-order valence-corrected chi connectivity index (χ0v) is 9.39. The van der Waals surface area contributed by atoms with Gasteiger partial charge in [0.2, 0.25) is 0 Å². The molecule has 1 aromatic rings. The number of aliphatic hydroxyl groups is 1. The Balaban J connectivity index is 3.13. The molecule has 2 N–H and O–H groups in total. The minimum Gasteiger partial charge on any atom is -0.476 e. The first-order valence-electron chi connectivity index (χ1n) is 4.84. The van der Waals surface area contributed by atoms with Crippen molar-refractivity contribution in [3.63, 3.8) is 0 Å². The number of hydrogen-bond donors (Lipinski definition) is 2. The highest BCUT2D eigenvalue weighted by Gasteiger charge is 2.29. The molecule has 0 atom stereocenters. The minimum atomic E-state index is -2.98. The molecule has 0 saturated carbocycles. The Morgan fingerprint density at radius 2 is 2.12 bits per heavy atom. The van der Waals surface area contributed by atoms with Gasteiger partial charge in [-0.05, 0) is 0 Å². The fourth-order valence-corrected chi connectivity index (χ4v) is 1.26. The zero-order valence-electron chi connectivity index (χ0n) is 9.39. The molecule has 0 aliphatic carbocycles. The van der Waals surface area contributed by atoms with Gasteiger partial charge in [0.25, 0.3) is 6.43 Å². The Kier molecular flexibility index (Phi) is 3.76. The number of aliphatic hydroxyl groups excluding tert-OH is 1. The molecule has 0 bridgehead atoms. The van der Waals surface area contributed by atoms with Crippen LogP contribution in [-0.4, -0.2) is 37.8 Å². The van der Waals surface area contributed by atoms with Gasteiger partial charge in [0, 0.05) is 12.0 Å². The van der Waals surface area contributed by atoms with E-state index in [-0.39, 0.29) is 13.2 Å². The van der Waals surface area contributed by atoms with Gasteiger partial charge in [0.05, 0.1) is 6.54 Å². The molecule has 0 aliphatic heterocycles. The van der Waals surface area contributed by atoms with Gasteiger partial charge in [0.15, 0.2) is 5.69 Å². The number of rotatable bonds is 5. The number of carbonyl (C=O) groups is 1. The Morgan fingerprint density at radius 1 is 1.53 bits per heavy atom. The van der Waals surface area contributed by atoms with E-state index >= 15 is 0 Å². The smallest absolute Gasteiger partial charge is 0.358 e. The normalized spacial score (nSPS) is 12.1. The molecule has 1 heterocycles. The summed E-state index contributed by atoms with van der Waals surface area (Å²) in [6.45, 7) is 3.01. The third-order valence-corrected chi connectivity index (χ3v) is 2.19. The van der Waals surface area contributed by atoms with Crippen LogP contribution in [0.3, 0.4) is 0 Å².